The summed E-state index contributed by atoms with van der Waals surface area (Å²) in [6.45, 7) is 8.53. The molecular weight excluding hydrogens is 306 g/mol. The summed E-state index contributed by atoms with van der Waals surface area (Å²) in [5, 5.41) is 3.56. The summed E-state index contributed by atoms with van der Waals surface area (Å²) < 4.78 is 0. The van der Waals surface area contributed by atoms with Gasteiger partial charge in [-0.15, -0.1) is 0 Å². The predicted molar refractivity (Wildman–Crippen MR) is 98.3 cm³/mol. The molecule has 1 amide bonds. The van der Waals surface area contributed by atoms with Crippen molar-refractivity contribution in [3.8, 4) is 0 Å². The molecule has 0 fully saturated rings. The third-order valence-electron chi connectivity index (χ3n) is 3.92. The van der Waals surface area contributed by atoms with Gasteiger partial charge >= 0.3 is 0 Å². The molecule has 0 aliphatic carbocycles. The molecule has 0 spiro atoms. The van der Waals surface area contributed by atoms with Gasteiger partial charge in [0, 0.05) is 17.1 Å². The lowest BCUT2D eigenvalue weighted by atomic mass is 9.86. The third-order valence-corrected chi connectivity index (χ3v) is 4.32. The van der Waals surface area contributed by atoms with Gasteiger partial charge in [0.2, 0.25) is 5.91 Å². The minimum atomic E-state index is 0.00446. The van der Waals surface area contributed by atoms with E-state index in [1.807, 2.05) is 19.1 Å². The van der Waals surface area contributed by atoms with E-state index in [-0.39, 0.29) is 11.3 Å². The van der Waals surface area contributed by atoms with Gasteiger partial charge in [0.05, 0.1) is 0 Å². The minimum Gasteiger partial charge on any atom is -0.326 e. The summed E-state index contributed by atoms with van der Waals surface area (Å²) >= 11 is 6.07. The van der Waals surface area contributed by atoms with Gasteiger partial charge in [0.15, 0.2) is 0 Å². The summed E-state index contributed by atoms with van der Waals surface area (Å²) in [4.78, 5) is 12.1. The monoisotopic (exact) mass is 329 g/mol. The van der Waals surface area contributed by atoms with Crippen LogP contribution in [-0.4, -0.2) is 5.91 Å². The fraction of sp³-hybridized carbons (Fsp3) is 0.350. The van der Waals surface area contributed by atoms with Gasteiger partial charge in [-0.3, -0.25) is 4.79 Å². The van der Waals surface area contributed by atoms with Crippen LogP contribution >= 0.6 is 11.6 Å². The fourth-order valence-electron chi connectivity index (χ4n) is 2.32. The summed E-state index contributed by atoms with van der Waals surface area (Å²) in [6, 6.07) is 14.1. The van der Waals surface area contributed by atoms with Gasteiger partial charge in [0.1, 0.15) is 0 Å². The average molecular weight is 330 g/mol. The number of carbonyl (C=O) groups is 1. The Morgan fingerprint density at radius 1 is 1.09 bits per heavy atom. The number of anilines is 1. The first-order chi connectivity index (χ1) is 10.8. The van der Waals surface area contributed by atoms with E-state index in [0.29, 0.717) is 11.4 Å². The van der Waals surface area contributed by atoms with E-state index >= 15 is 0 Å². The molecule has 2 nitrogen and oxygen atoms in total. The first-order valence-corrected chi connectivity index (χ1v) is 8.29. The zero-order chi connectivity index (χ0) is 17.0. The Morgan fingerprint density at radius 2 is 1.74 bits per heavy atom. The van der Waals surface area contributed by atoms with Crippen molar-refractivity contribution in [2.75, 3.05) is 5.32 Å². The zero-order valence-corrected chi connectivity index (χ0v) is 15.0. The van der Waals surface area contributed by atoms with Crippen LogP contribution in [0.15, 0.2) is 42.5 Å². The molecule has 1 N–H and O–H groups in total. The fourth-order valence-corrected chi connectivity index (χ4v) is 2.50. The highest BCUT2D eigenvalue weighted by Gasteiger charge is 2.13. The Kier molecular flexibility index (Phi) is 5.48. The molecule has 0 radical (unpaired) electrons. The van der Waals surface area contributed by atoms with Crippen LogP contribution in [-0.2, 0) is 16.6 Å². The van der Waals surface area contributed by atoms with Gasteiger partial charge in [-0.25, -0.2) is 0 Å². The van der Waals surface area contributed by atoms with Crippen LogP contribution in [0.1, 0.15) is 43.9 Å². The second-order valence-electron chi connectivity index (χ2n) is 6.96. The molecule has 2 rings (SSSR count). The summed E-state index contributed by atoms with van der Waals surface area (Å²) in [6.07, 6.45) is 1.19. The number of carbonyl (C=O) groups excluding carboxylic acids is 1. The Morgan fingerprint density at radius 3 is 2.30 bits per heavy atom. The Labute approximate surface area is 143 Å². The Hall–Kier alpha value is -1.80. The van der Waals surface area contributed by atoms with Crippen LogP contribution in [0.2, 0.25) is 5.02 Å². The second kappa shape index (κ2) is 7.18. The largest absolute Gasteiger partial charge is 0.326 e. The van der Waals surface area contributed by atoms with E-state index in [2.05, 4.69) is 50.4 Å². The van der Waals surface area contributed by atoms with Gasteiger partial charge in [0.25, 0.3) is 0 Å². The molecule has 0 unspecified atom stereocenters. The first kappa shape index (κ1) is 17.6. The van der Waals surface area contributed by atoms with E-state index in [1.54, 1.807) is 6.07 Å². The van der Waals surface area contributed by atoms with Crippen molar-refractivity contribution in [2.45, 2.75) is 46.0 Å². The van der Waals surface area contributed by atoms with Crippen molar-refractivity contribution >= 4 is 23.2 Å². The summed E-state index contributed by atoms with van der Waals surface area (Å²) in [5.41, 5.74) is 4.38. The van der Waals surface area contributed by atoms with Crippen molar-refractivity contribution < 1.29 is 4.79 Å². The molecule has 2 aromatic carbocycles. The van der Waals surface area contributed by atoms with Crippen molar-refractivity contribution in [3.05, 3.63) is 64.2 Å². The summed E-state index contributed by atoms with van der Waals surface area (Å²) in [5.74, 6) is 0.00446. The van der Waals surface area contributed by atoms with Crippen LogP contribution in [0.4, 0.5) is 5.69 Å². The lowest BCUT2D eigenvalue weighted by molar-refractivity contribution is -0.116. The third kappa shape index (κ3) is 5.11. The van der Waals surface area contributed by atoms with Gasteiger partial charge in [-0.1, -0.05) is 62.7 Å². The topological polar surface area (TPSA) is 29.1 Å². The number of hydrogen-bond donors (Lipinski definition) is 1. The van der Waals surface area contributed by atoms with E-state index in [4.69, 9.17) is 11.6 Å². The summed E-state index contributed by atoms with van der Waals surface area (Å²) in [7, 11) is 0. The molecule has 0 heterocycles. The van der Waals surface area contributed by atoms with Crippen LogP contribution in [0.25, 0.3) is 0 Å². The van der Waals surface area contributed by atoms with Crippen LogP contribution in [0.5, 0.6) is 0 Å². The Bertz CT molecular complexity index is 684. The molecule has 0 saturated carbocycles. The van der Waals surface area contributed by atoms with Crippen LogP contribution < -0.4 is 5.32 Å². The second-order valence-corrected chi connectivity index (χ2v) is 7.37. The predicted octanol–water partition coefficient (Wildman–Crippen LogP) is 5.52. The SMILES string of the molecule is Cc1ccc(NC(=O)CCc2ccc(C(C)(C)C)cc2)cc1Cl. The lowest BCUT2D eigenvalue weighted by Crippen LogP contribution is -2.13. The average Bonchev–Trinajstić information content (AvgIpc) is 2.48. The molecule has 3 heteroatoms. The van der Waals surface area contributed by atoms with Crippen molar-refractivity contribution in [1.29, 1.82) is 0 Å². The quantitative estimate of drug-likeness (QED) is 0.786. The normalized spacial score (nSPS) is 11.3. The number of hydrogen-bond acceptors (Lipinski definition) is 1. The van der Waals surface area contributed by atoms with Crippen LogP contribution in [0.3, 0.4) is 0 Å². The molecular formula is C20H24ClNO. The molecule has 0 aliphatic heterocycles. The molecule has 2 aromatic rings. The maximum absolute atomic E-state index is 12.1. The molecule has 0 aromatic heterocycles. The van der Waals surface area contributed by atoms with E-state index in [9.17, 15) is 4.79 Å². The van der Waals surface area contributed by atoms with Crippen LogP contribution in [0, 0.1) is 6.92 Å². The van der Waals surface area contributed by atoms with E-state index < -0.39 is 0 Å². The number of halogens is 1. The highest BCUT2D eigenvalue weighted by atomic mass is 35.5. The van der Waals surface area contributed by atoms with Crippen molar-refractivity contribution in [1.82, 2.24) is 0 Å². The van der Waals surface area contributed by atoms with E-state index in [1.165, 1.54) is 11.1 Å². The number of amides is 1. The van der Waals surface area contributed by atoms with Gasteiger partial charge in [-0.05, 0) is 47.6 Å². The maximum Gasteiger partial charge on any atom is 0.224 e. The number of aryl methyl sites for hydroxylation is 2. The molecule has 122 valence electrons. The van der Waals surface area contributed by atoms with E-state index in [0.717, 1.165) is 17.7 Å². The number of rotatable bonds is 4. The minimum absolute atomic E-state index is 0.00446. The van der Waals surface area contributed by atoms with Crippen molar-refractivity contribution in [2.24, 2.45) is 0 Å². The highest BCUT2D eigenvalue weighted by Crippen LogP contribution is 2.23. The van der Waals surface area contributed by atoms with Gasteiger partial charge < -0.3 is 5.32 Å². The van der Waals surface area contributed by atoms with Crippen molar-refractivity contribution in [3.63, 3.8) is 0 Å². The molecule has 0 atom stereocenters. The number of benzene rings is 2. The standard InChI is InChI=1S/C20H24ClNO/c1-14-5-11-17(13-18(14)21)22-19(23)12-8-15-6-9-16(10-7-15)20(2,3)4/h5-7,9-11,13H,8,12H2,1-4H3,(H,22,23). The zero-order valence-electron chi connectivity index (χ0n) is 14.2. The number of nitrogens with one attached hydrogen (secondary N) is 1. The van der Waals surface area contributed by atoms with Gasteiger partial charge in [-0.2, -0.15) is 0 Å². The molecule has 0 aliphatic rings. The Balaban J connectivity index is 1.90. The molecule has 0 bridgehead atoms. The maximum atomic E-state index is 12.1. The molecule has 23 heavy (non-hydrogen) atoms. The molecule has 0 saturated heterocycles. The lowest BCUT2D eigenvalue weighted by Gasteiger charge is -2.19. The highest BCUT2D eigenvalue weighted by molar-refractivity contribution is 6.31. The smallest absolute Gasteiger partial charge is 0.224 e. The first-order valence-electron chi connectivity index (χ1n) is 7.91.